The third-order valence-electron chi connectivity index (χ3n) is 2.49. The van der Waals surface area contributed by atoms with Gasteiger partial charge in [-0.25, -0.2) is 4.39 Å². The molecule has 0 heterocycles. The summed E-state index contributed by atoms with van der Waals surface area (Å²) in [6.45, 7) is 2.08. The molecule has 0 bridgehead atoms. The van der Waals surface area contributed by atoms with E-state index in [-0.39, 0.29) is 11.1 Å². The quantitative estimate of drug-likeness (QED) is 0.491. The van der Waals surface area contributed by atoms with Gasteiger partial charge in [-0.05, 0) is 28.4 Å². The predicted octanol–water partition coefficient (Wildman–Crippen LogP) is 3.94. The summed E-state index contributed by atoms with van der Waals surface area (Å²) in [6.07, 6.45) is 2.83. The van der Waals surface area contributed by atoms with Crippen molar-refractivity contribution < 1.29 is 4.39 Å². The Kier molecular flexibility index (Phi) is 5.69. The first-order chi connectivity index (χ1) is 7.61. The molecule has 90 valence electrons. The van der Waals surface area contributed by atoms with Gasteiger partial charge in [0.05, 0.1) is 5.02 Å². The minimum atomic E-state index is -0.407. The van der Waals surface area contributed by atoms with Crippen LogP contribution < -0.4 is 11.3 Å². The lowest BCUT2D eigenvalue weighted by Gasteiger charge is -2.17. The van der Waals surface area contributed by atoms with E-state index in [4.69, 9.17) is 17.4 Å². The fourth-order valence-corrected chi connectivity index (χ4v) is 2.03. The summed E-state index contributed by atoms with van der Waals surface area (Å²) < 4.78 is 14.4. The summed E-state index contributed by atoms with van der Waals surface area (Å²) in [7, 11) is 0. The molecule has 0 aliphatic heterocycles. The van der Waals surface area contributed by atoms with Crippen molar-refractivity contribution in [3.8, 4) is 0 Å². The zero-order valence-electron chi connectivity index (χ0n) is 9.06. The number of hydrogen-bond acceptors (Lipinski definition) is 2. The smallest absolute Gasteiger partial charge is 0.147 e. The number of nitrogens with one attached hydrogen (secondary N) is 1. The van der Waals surface area contributed by atoms with E-state index in [9.17, 15) is 4.39 Å². The van der Waals surface area contributed by atoms with Crippen molar-refractivity contribution in [3.63, 3.8) is 0 Å². The molecule has 2 nitrogen and oxygen atoms in total. The molecule has 0 saturated heterocycles. The summed E-state index contributed by atoms with van der Waals surface area (Å²) in [6, 6.07) is 3.24. The molecule has 1 rings (SSSR count). The van der Waals surface area contributed by atoms with Crippen LogP contribution in [-0.4, -0.2) is 0 Å². The maximum atomic E-state index is 13.9. The van der Waals surface area contributed by atoms with Gasteiger partial charge in [0.15, 0.2) is 0 Å². The molecule has 16 heavy (non-hydrogen) atoms. The fourth-order valence-electron chi connectivity index (χ4n) is 1.55. The van der Waals surface area contributed by atoms with Gasteiger partial charge in [0.25, 0.3) is 0 Å². The van der Waals surface area contributed by atoms with Gasteiger partial charge in [-0.3, -0.25) is 11.3 Å². The van der Waals surface area contributed by atoms with Gasteiger partial charge in [-0.2, -0.15) is 0 Å². The Hall–Kier alpha value is -0.160. The molecular weight excluding hydrogens is 294 g/mol. The topological polar surface area (TPSA) is 38.0 Å². The van der Waals surface area contributed by atoms with Crippen molar-refractivity contribution in [1.29, 1.82) is 0 Å². The zero-order valence-corrected chi connectivity index (χ0v) is 11.4. The van der Waals surface area contributed by atoms with Crippen LogP contribution >= 0.6 is 27.5 Å². The van der Waals surface area contributed by atoms with Crippen LogP contribution in [-0.2, 0) is 0 Å². The zero-order chi connectivity index (χ0) is 12.1. The van der Waals surface area contributed by atoms with E-state index in [1.165, 1.54) is 0 Å². The SMILES string of the molecule is CCCCC(NN)c1ccc(Br)c(Cl)c1F. The third kappa shape index (κ3) is 3.17. The molecule has 0 aromatic heterocycles. The van der Waals surface area contributed by atoms with E-state index in [2.05, 4.69) is 28.3 Å². The molecule has 1 atom stereocenters. The summed E-state index contributed by atoms with van der Waals surface area (Å²) in [5.74, 6) is 5.02. The highest BCUT2D eigenvalue weighted by atomic mass is 79.9. The fraction of sp³-hybridized carbons (Fsp3) is 0.455. The van der Waals surface area contributed by atoms with E-state index in [1.54, 1.807) is 12.1 Å². The maximum Gasteiger partial charge on any atom is 0.147 e. The van der Waals surface area contributed by atoms with Crippen molar-refractivity contribution >= 4 is 27.5 Å². The van der Waals surface area contributed by atoms with E-state index in [0.29, 0.717) is 10.0 Å². The van der Waals surface area contributed by atoms with Crippen LogP contribution in [0.4, 0.5) is 4.39 Å². The van der Waals surface area contributed by atoms with Crippen LogP contribution in [0.25, 0.3) is 0 Å². The Bertz CT molecular complexity index is 360. The summed E-state index contributed by atoms with van der Waals surface area (Å²) in [4.78, 5) is 0. The van der Waals surface area contributed by atoms with Gasteiger partial charge in [-0.1, -0.05) is 37.4 Å². The van der Waals surface area contributed by atoms with E-state index in [0.717, 1.165) is 19.3 Å². The summed E-state index contributed by atoms with van der Waals surface area (Å²) in [5, 5.41) is 0.106. The van der Waals surface area contributed by atoms with Gasteiger partial charge in [-0.15, -0.1) is 0 Å². The van der Waals surface area contributed by atoms with Gasteiger partial charge in [0.1, 0.15) is 5.82 Å². The molecule has 1 aromatic carbocycles. The molecule has 0 aliphatic carbocycles. The highest BCUT2D eigenvalue weighted by Gasteiger charge is 2.17. The number of hydrogen-bond donors (Lipinski definition) is 2. The number of nitrogens with two attached hydrogens (primary N) is 1. The lowest BCUT2D eigenvalue weighted by atomic mass is 10.0. The van der Waals surface area contributed by atoms with Crippen LogP contribution in [0.3, 0.4) is 0 Å². The molecule has 5 heteroatoms. The van der Waals surface area contributed by atoms with Crippen LogP contribution in [0, 0.1) is 5.82 Å². The normalized spacial score (nSPS) is 12.8. The molecule has 0 amide bonds. The molecule has 0 spiro atoms. The minimum Gasteiger partial charge on any atom is -0.271 e. The van der Waals surface area contributed by atoms with Crippen molar-refractivity contribution in [2.45, 2.75) is 32.2 Å². The number of benzene rings is 1. The maximum absolute atomic E-state index is 13.9. The van der Waals surface area contributed by atoms with Crippen molar-refractivity contribution in [2.24, 2.45) is 5.84 Å². The number of unbranched alkanes of at least 4 members (excludes halogenated alkanes) is 1. The van der Waals surface area contributed by atoms with Crippen LogP contribution in [0.15, 0.2) is 16.6 Å². The molecule has 0 radical (unpaired) electrons. The lowest BCUT2D eigenvalue weighted by molar-refractivity contribution is 0.470. The Morgan fingerprint density at radius 2 is 2.25 bits per heavy atom. The highest BCUT2D eigenvalue weighted by Crippen LogP contribution is 2.31. The lowest BCUT2D eigenvalue weighted by Crippen LogP contribution is -2.28. The largest absolute Gasteiger partial charge is 0.271 e. The second kappa shape index (κ2) is 6.55. The molecule has 1 unspecified atom stereocenters. The Morgan fingerprint density at radius 3 is 2.81 bits per heavy atom. The van der Waals surface area contributed by atoms with E-state index >= 15 is 0 Å². The van der Waals surface area contributed by atoms with Crippen LogP contribution in [0.1, 0.15) is 37.8 Å². The molecule has 3 N–H and O–H groups in total. The second-order valence-electron chi connectivity index (χ2n) is 3.63. The Balaban J connectivity index is 2.96. The van der Waals surface area contributed by atoms with Gasteiger partial charge in [0.2, 0.25) is 0 Å². The van der Waals surface area contributed by atoms with Crippen LogP contribution in [0.5, 0.6) is 0 Å². The van der Waals surface area contributed by atoms with Crippen molar-refractivity contribution in [3.05, 3.63) is 33.0 Å². The molecule has 0 saturated carbocycles. The number of rotatable bonds is 5. The summed E-state index contributed by atoms with van der Waals surface area (Å²) in [5.41, 5.74) is 3.14. The van der Waals surface area contributed by atoms with Crippen LogP contribution in [0.2, 0.25) is 5.02 Å². The molecule has 0 fully saturated rings. The highest BCUT2D eigenvalue weighted by molar-refractivity contribution is 9.10. The second-order valence-corrected chi connectivity index (χ2v) is 4.86. The molecule has 1 aromatic rings. The average molecular weight is 310 g/mol. The van der Waals surface area contributed by atoms with Gasteiger partial charge in [0, 0.05) is 16.1 Å². The average Bonchev–Trinajstić information content (AvgIpc) is 2.29. The number of halogens is 3. The predicted molar refractivity (Wildman–Crippen MR) is 68.7 cm³/mol. The Morgan fingerprint density at radius 1 is 1.56 bits per heavy atom. The standard InChI is InChI=1S/C11H15BrClFN2/c1-2-3-4-9(16-15)7-5-6-8(12)10(13)11(7)14/h5-6,9,16H,2-4,15H2,1H3. The van der Waals surface area contributed by atoms with E-state index in [1.807, 2.05) is 0 Å². The van der Waals surface area contributed by atoms with Gasteiger partial charge >= 0.3 is 0 Å². The minimum absolute atomic E-state index is 0.106. The van der Waals surface area contributed by atoms with Gasteiger partial charge < -0.3 is 0 Å². The number of hydrazine groups is 1. The van der Waals surface area contributed by atoms with E-state index < -0.39 is 5.82 Å². The van der Waals surface area contributed by atoms with Crippen molar-refractivity contribution in [1.82, 2.24) is 5.43 Å². The first kappa shape index (κ1) is 13.9. The monoisotopic (exact) mass is 308 g/mol. The molecular formula is C11H15BrClFN2. The van der Waals surface area contributed by atoms with Crippen molar-refractivity contribution in [2.75, 3.05) is 0 Å². The molecule has 0 aliphatic rings. The summed E-state index contributed by atoms with van der Waals surface area (Å²) >= 11 is 9.01. The Labute approximate surface area is 108 Å². The first-order valence-corrected chi connectivity index (χ1v) is 6.38. The third-order valence-corrected chi connectivity index (χ3v) is 3.75. The first-order valence-electron chi connectivity index (χ1n) is 5.21.